The van der Waals surface area contributed by atoms with Gasteiger partial charge in [0.1, 0.15) is 0 Å². The van der Waals surface area contributed by atoms with Crippen molar-refractivity contribution in [3.8, 4) is 11.3 Å². The lowest BCUT2D eigenvalue weighted by Crippen LogP contribution is -2.34. The first kappa shape index (κ1) is 17.9. The van der Waals surface area contributed by atoms with Crippen molar-refractivity contribution in [3.05, 3.63) is 67.1 Å². The van der Waals surface area contributed by atoms with Crippen LogP contribution < -0.4 is 10.2 Å². The number of pyridine rings is 1. The maximum Gasteiger partial charge on any atom is 0.227 e. The van der Waals surface area contributed by atoms with Crippen LogP contribution in [-0.4, -0.2) is 39.7 Å². The van der Waals surface area contributed by atoms with Gasteiger partial charge in [-0.25, -0.2) is 0 Å². The molecular weight excluding hydrogens is 354 g/mol. The Labute approximate surface area is 163 Å². The molecule has 1 saturated heterocycles. The molecule has 142 valence electrons. The van der Waals surface area contributed by atoms with Crippen LogP contribution in [0.4, 0.5) is 5.69 Å². The van der Waals surface area contributed by atoms with Crippen LogP contribution in [0.15, 0.2) is 67.1 Å². The molecule has 0 bridgehead atoms. The zero-order valence-corrected chi connectivity index (χ0v) is 15.4. The molecule has 2 aromatic heterocycles. The highest BCUT2D eigenvalue weighted by Crippen LogP contribution is 2.24. The van der Waals surface area contributed by atoms with E-state index in [-0.39, 0.29) is 24.2 Å². The lowest BCUT2D eigenvalue weighted by atomic mass is 10.1. The average molecular weight is 375 g/mol. The Morgan fingerprint density at radius 1 is 1.11 bits per heavy atom. The lowest BCUT2D eigenvalue weighted by molar-refractivity contribution is -0.126. The SMILES string of the molecule is O=C(NCCn1ccc(-c2ccncc2)n1)C1CC(=O)N(c2ccccc2)C1. The van der Waals surface area contributed by atoms with Crippen molar-refractivity contribution in [2.75, 3.05) is 18.0 Å². The summed E-state index contributed by atoms with van der Waals surface area (Å²) in [5.41, 5.74) is 2.71. The van der Waals surface area contributed by atoms with Crippen LogP contribution in [0, 0.1) is 5.92 Å². The van der Waals surface area contributed by atoms with Crippen LogP contribution >= 0.6 is 0 Å². The second kappa shape index (κ2) is 8.04. The fraction of sp³-hybridized carbons (Fsp3) is 0.238. The minimum Gasteiger partial charge on any atom is -0.354 e. The molecule has 0 spiro atoms. The van der Waals surface area contributed by atoms with E-state index in [4.69, 9.17) is 0 Å². The Morgan fingerprint density at radius 3 is 2.68 bits per heavy atom. The van der Waals surface area contributed by atoms with Crippen LogP contribution in [0.2, 0.25) is 0 Å². The molecule has 1 aliphatic heterocycles. The van der Waals surface area contributed by atoms with Gasteiger partial charge in [-0.3, -0.25) is 19.3 Å². The molecule has 7 nitrogen and oxygen atoms in total. The highest BCUT2D eigenvalue weighted by atomic mass is 16.2. The second-order valence-corrected chi connectivity index (χ2v) is 6.73. The number of hydrogen-bond acceptors (Lipinski definition) is 4. The van der Waals surface area contributed by atoms with E-state index in [1.807, 2.05) is 54.7 Å². The molecule has 7 heteroatoms. The minimum atomic E-state index is -0.322. The molecule has 1 unspecified atom stereocenters. The van der Waals surface area contributed by atoms with Gasteiger partial charge in [0, 0.05) is 49.4 Å². The molecule has 3 heterocycles. The van der Waals surface area contributed by atoms with Gasteiger partial charge in [-0.15, -0.1) is 0 Å². The maximum absolute atomic E-state index is 12.5. The Kier molecular flexibility index (Phi) is 5.14. The van der Waals surface area contributed by atoms with Gasteiger partial charge in [-0.1, -0.05) is 18.2 Å². The Bertz CT molecular complexity index is 955. The summed E-state index contributed by atoms with van der Waals surface area (Å²) in [4.78, 5) is 30.4. The molecule has 1 atom stereocenters. The number of carbonyl (C=O) groups is 2. The number of amides is 2. The third-order valence-corrected chi connectivity index (χ3v) is 4.82. The first-order valence-corrected chi connectivity index (χ1v) is 9.28. The van der Waals surface area contributed by atoms with E-state index >= 15 is 0 Å². The van der Waals surface area contributed by atoms with E-state index in [0.717, 1.165) is 16.9 Å². The molecule has 0 saturated carbocycles. The highest BCUT2D eigenvalue weighted by molar-refractivity contribution is 6.00. The molecule has 0 aliphatic carbocycles. The zero-order chi connectivity index (χ0) is 19.3. The molecule has 1 aliphatic rings. The van der Waals surface area contributed by atoms with Crippen LogP contribution in [0.1, 0.15) is 6.42 Å². The quantitative estimate of drug-likeness (QED) is 0.716. The molecule has 1 N–H and O–H groups in total. The average Bonchev–Trinajstić information content (AvgIpc) is 3.36. The monoisotopic (exact) mass is 375 g/mol. The number of hydrogen-bond donors (Lipinski definition) is 1. The van der Waals surface area contributed by atoms with E-state index in [2.05, 4.69) is 15.4 Å². The van der Waals surface area contributed by atoms with Gasteiger partial charge >= 0.3 is 0 Å². The van der Waals surface area contributed by atoms with Crippen molar-refractivity contribution in [3.63, 3.8) is 0 Å². The van der Waals surface area contributed by atoms with Crippen molar-refractivity contribution in [1.29, 1.82) is 0 Å². The number of nitrogens with zero attached hydrogens (tertiary/aromatic N) is 4. The first-order valence-electron chi connectivity index (χ1n) is 9.28. The van der Waals surface area contributed by atoms with Crippen molar-refractivity contribution < 1.29 is 9.59 Å². The molecule has 3 aromatic rings. The Morgan fingerprint density at radius 2 is 1.89 bits per heavy atom. The normalized spacial score (nSPS) is 16.4. The van der Waals surface area contributed by atoms with Crippen molar-refractivity contribution >= 4 is 17.5 Å². The van der Waals surface area contributed by atoms with Crippen LogP contribution in [0.25, 0.3) is 11.3 Å². The number of carbonyl (C=O) groups excluding carboxylic acids is 2. The van der Waals surface area contributed by atoms with Crippen LogP contribution in [-0.2, 0) is 16.1 Å². The third kappa shape index (κ3) is 3.93. The summed E-state index contributed by atoms with van der Waals surface area (Å²) in [5, 5.41) is 7.44. The van der Waals surface area contributed by atoms with Crippen LogP contribution in [0.3, 0.4) is 0 Å². The summed E-state index contributed by atoms with van der Waals surface area (Å²) >= 11 is 0. The van der Waals surface area contributed by atoms with Crippen molar-refractivity contribution in [2.45, 2.75) is 13.0 Å². The zero-order valence-electron chi connectivity index (χ0n) is 15.4. The van der Waals surface area contributed by atoms with Gasteiger partial charge in [-0.05, 0) is 30.3 Å². The van der Waals surface area contributed by atoms with Crippen molar-refractivity contribution in [2.24, 2.45) is 5.92 Å². The summed E-state index contributed by atoms with van der Waals surface area (Å²) in [6.07, 6.45) is 5.60. The molecule has 1 aromatic carbocycles. The van der Waals surface area contributed by atoms with Gasteiger partial charge in [0.05, 0.1) is 18.2 Å². The second-order valence-electron chi connectivity index (χ2n) is 6.73. The van der Waals surface area contributed by atoms with Gasteiger partial charge in [0.2, 0.25) is 11.8 Å². The number of aromatic nitrogens is 3. The number of nitrogens with one attached hydrogen (secondary N) is 1. The molecule has 28 heavy (non-hydrogen) atoms. The summed E-state index contributed by atoms with van der Waals surface area (Å²) in [7, 11) is 0. The number of benzene rings is 1. The number of anilines is 1. The van der Waals surface area contributed by atoms with Gasteiger partial charge in [0.15, 0.2) is 0 Å². The Balaban J connectivity index is 1.28. The topological polar surface area (TPSA) is 80.1 Å². The smallest absolute Gasteiger partial charge is 0.227 e. The minimum absolute atomic E-state index is 0.0135. The number of rotatable bonds is 6. The Hall–Kier alpha value is -3.48. The van der Waals surface area contributed by atoms with E-state index < -0.39 is 0 Å². The van der Waals surface area contributed by atoms with E-state index in [1.165, 1.54) is 0 Å². The maximum atomic E-state index is 12.5. The highest BCUT2D eigenvalue weighted by Gasteiger charge is 2.34. The fourth-order valence-corrected chi connectivity index (χ4v) is 3.34. The van der Waals surface area contributed by atoms with Crippen molar-refractivity contribution in [1.82, 2.24) is 20.1 Å². The summed E-state index contributed by atoms with van der Waals surface area (Å²) in [6.45, 7) is 1.45. The summed E-state index contributed by atoms with van der Waals surface area (Å²) in [6, 6.07) is 15.2. The predicted molar refractivity (Wildman–Crippen MR) is 105 cm³/mol. The van der Waals surface area contributed by atoms with Gasteiger partial charge < -0.3 is 10.2 Å². The van der Waals surface area contributed by atoms with E-state index in [1.54, 1.807) is 22.0 Å². The van der Waals surface area contributed by atoms with Gasteiger partial charge in [-0.2, -0.15) is 5.10 Å². The lowest BCUT2D eigenvalue weighted by Gasteiger charge is -2.16. The molecule has 0 radical (unpaired) electrons. The molecular formula is C21H21N5O2. The summed E-state index contributed by atoms with van der Waals surface area (Å²) < 4.78 is 1.80. The predicted octanol–water partition coefficient (Wildman–Crippen LogP) is 2.11. The van der Waals surface area contributed by atoms with Crippen LogP contribution in [0.5, 0.6) is 0 Å². The standard InChI is InChI=1S/C21H21N5O2/c27-20-14-17(15-26(20)18-4-2-1-3-5-18)21(28)23-11-13-25-12-8-19(24-25)16-6-9-22-10-7-16/h1-10,12,17H,11,13-15H2,(H,23,28). The third-order valence-electron chi connectivity index (χ3n) is 4.82. The largest absolute Gasteiger partial charge is 0.354 e. The number of para-hydroxylation sites is 1. The fourth-order valence-electron chi connectivity index (χ4n) is 3.34. The summed E-state index contributed by atoms with van der Waals surface area (Å²) in [5.74, 6) is -0.425. The van der Waals surface area contributed by atoms with E-state index in [0.29, 0.717) is 19.6 Å². The molecule has 1 fully saturated rings. The molecule has 4 rings (SSSR count). The van der Waals surface area contributed by atoms with E-state index in [9.17, 15) is 9.59 Å². The first-order chi connectivity index (χ1) is 13.7. The molecule has 2 amide bonds. The van der Waals surface area contributed by atoms with Gasteiger partial charge in [0.25, 0.3) is 0 Å².